The van der Waals surface area contributed by atoms with Gasteiger partial charge in [-0.3, -0.25) is 0 Å². The molecule has 1 aromatic rings. The molecule has 0 N–H and O–H groups in total. The zero-order chi connectivity index (χ0) is 12.3. The smallest absolute Gasteiger partial charge is 0.338 e. The van der Waals surface area contributed by atoms with E-state index < -0.39 is 0 Å². The van der Waals surface area contributed by atoms with Crippen LogP contribution in [-0.2, 0) is 4.74 Å². The molecule has 0 bridgehead atoms. The van der Waals surface area contributed by atoms with Gasteiger partial charge in [0.2, 0.25) is 0 Å². The van der Waals surface area contributed by atoms with E-state index in [1.165, 1.54) is 0 Å². The molecule has 0 spiro atoms. The van der Waals surface area contributed by atoms with Gasteiger partial charge in [-0.1, -0.05) is 0 Å². The molecule has 0 aromatic heterocycles. The number of hydrogen-bond donors (Lipinski definition) is 0. The highest BCUT2D eigenvalue weighted by atomic mass is 127. The lowest BCUT2D eigenvalue weighted by Gasteiger charge is -2.29. The van der Waals surface area contributed by atoms with Gasteiger partial charge >= 0.3 is 5.97 Å². The van der Waals surface area contributed by atoms with Crippen LogP contribution in [0.2, 0.25) is 0 Å². The second-order valence-corrected chi connectivity index (χ2v) is 5.68. The summed E-state index contributed by atoms with van der Waals surface area (Å²) in [6.07, 6.45) is 2.11. The minimum absolute atomic E-state index is 0.0422. The number of piperidine rings is 1. The SMILES string of the molecule is CN1CCCC(OC(=O)c2ccc(I)cc2)C1. The third kappa shape index (κ3) is 3.67. The molecule has 1 saturated heterocycles. The lowest BCUT2D eigenvalue weighted by Crippen LogP contribution is -2.38. The molecular formula is C13H16INO2. The van der Waals surface area contributed by atoms with Crippen LogP contribution in [0, 0.1) is 3.57 Å². The zero-order valence-electron chi connectivity index (χ0n) is 9.86. The van der Waals surface area contributed by atoms with E-state index in [1.54, 1.807) is 0 Å². The Hall–Kier alpha value is -0.620. The number of halogens is 1. The van der Waals surface area contributed by atoms with Crippen molar-refractivity contribution in [1.29, 1.82) is 0 Å². The summed E-state index contributed by atoms with van der Waals surface area (Å²) in [5, 5.41) is 0. The molecule has 0 aliphatic carbocycles. The van der Waals surface area contributed by atoms with Crippen molar-refractivity contribution in [1.82, 2.24) is 4.90 Å². The third-order valence-electron chi connectivity index (χ3n) is 2.93. The molecule has 1 aliphatic rings. The van der Waals surface area contributed by atoms with Crippen molar-refractivity contribution in [3.05, 3.63) is 33.4 Å². The summed E-state index contributed by atoms with van der Waals surface area (Å²) in [7, 11) is 2.06. The van der Waals surface area contributed by atoms with Crippen molar-refractivity contribution in [2.24, 2.45) is 0 Å². The summed E-state index contributed by atoms with van der Waals surface area (Å²) in [5.74, 6) is -0.207. The van der Waals surface area contributed by atoms with Crippen LogP contribution in [0.3, 0.4) is 0 Å². The van der Waals surface area contributed by atoms with Crippen molar-refractivity contribution in [3.63, 3.8) is 0 Å². The van der Waals surface area contributed by atoms with Gasteiger partial charge in [0.25, 0.3) is 0 Å². The van der Waals surface area contributed by atoms with E-state index in [2.05, 4.69) is 34.5 Å². The van der Waals surface area contributed by atoms with E-state index in [9.17, 15) is 4.79 Å². The Balaban J connectivity index is 1.94. The van der Waals surface area contributed by atoms with Gasteiger partial charge < -0.3 is 9.64 Å². The molecule has 2 rings (SSSR count). The molecule has 1 atom stereocenters. The van der Waals surface area contributed by atoms with Crippen molar-refractivity contribution in [2.45, 2.75) is 18.9 Å². The van der Waals surface area contributed by atoms with E-state index in [-0.39, 0.29) is 12.1 Å². The van der Waals surface area contributed by atoms with Crippen LogP contribution in [0.25, 0.3) is 0 Å². The number of likely N-dealkylation sites (N-methyl/N-ethyl adjacent to an activating group) is 1. The summed E-state index contributed by atoms with van der Waals surface area (Å²) in [6.45, 7) is 1.94. The average molecular weight is 345 g/mol. The molecule has 3 nitrogen and oxygen atoms in total. The molecule has 4 heteroatoms. The normalized spacial score (nSPS) is 21.2. The Morgan fingerprint density at radius 3 is 2.76 bits per heavy atom. The van der Waals surface area contributed by atoms with Gasteiger partial charge in [-0.2, -0.15) is 0 Å². The number of carbonyl (C=O) groups is 1. The maximum atomic E-state index is 11.9. The van der Waals surface area contributed by atoms with Crippen molar-refractivity contribution in [3.8, 4) is 0 Å². The number of rotatable bonds is 2. The summed E-state index contributed by atoms with van der Waals surface area (Å²) in [4.78, 5) is 14.1. The van der Waals surface area contributed by atoms with Crippen LogP contribution in [0.15, 0.2) is 24.3 Å². The molecule has 1 unspecified atom stereocenters. The summed E-state index contributed by atoms with van der Waals surface area (Å²) in [5.41, 5.74) is 0.638. The first-order valence-electron chi connectivity index (χ1n) is 5.80. The minimum Gasteiger partial charge on any atom is -0.457 e. The molecule has 1 aliphatic heterocycles. The highest BCUT2D eigenvalue weighted by Gasteiger charge is 2.21. The fraction of sp³-hybridized carbons (Fsp3) is 0.462. The van der Waals surface area contributed by atoms with Crippen LogP contribution in [0.1, 0.15) is 23.2 Å². The highest BCUT2D eigenvalue weighted by molar-refractivity contribution is 14.1. The predicted molar refractivity (Wildman–Crippen MR) is 75.1 cm³/mol. The molecule has 17 heavy (non-hydrogen) atoms. The van der Waals surface area contributed by atoms with Crippen molar-refractivity contribution >= 4 is 28.6 Å². The van der Waals surface area contributed by atoms with Crippen LogP contribution in [0.5, 0.6) is 0 Å². The maximum absolute atomic E-state index is 11.9. The summed E-state index contributed by atoms with van der Waals surface area (Å²) < 4.78 is 6.63. The molecule has 1 heterocycles. The lowest BCUT2D eigenvalue weighted by molar-refractivity contribution is 0.0108. The topological polar surface area (TPSA) is 29.5 Å². The van der Waals surface area contributed by atoms with Gasteiger partial charge in [0.1, 0.15) is 6.10 Å². The molecule has 0 saturated carbocycles. The van der Waals surface area contributed by atoms with Crippen molar-refractivity contribution < 1.29 is 9.53 Å². The minimum atomic E-state index is -0.207. The summed E-state index contributed by atoms with van der Waals surface area (Å²) in [6, 6.07) is 7.47. The number of likely N-dealkylation sites (tertiary alicyclic amines) is 1. The van der Waals surface area contributed by atoms with Gasteiger partial charge in [0, 0.05) is 10.1 Å². The molecule has 1 fully saturated rings. The van der Waals surface area contributed by atoms with E-state index in [4.69, 9.17) is 4.74 Å². The van der Waals surface area contributed by atoms with Gasteiger partial charge in [0.05, 0.1) is 5.56 Å². The monoisotopic (exact) mass is 345 g/mol. The van der Waals surface area contributed by atoms with Crippen molar-refractivity contribution in [2.75, 3.05) is 20.1 Å². The van der Waals surface area contributed by atoms with Gasteiger partial charge in [-0.15, -0.1) is 0 Å². The predicted octanol–water partition coefficient (Wildman–Crippen LogP) is 2.54. The molecule has 1 aromatic carbocycles. The first kappa shape index (κ1) is 12.8. The number of hydrogen-bond acceptors (Lipinski definition) is 3. The van der Waals surface area contributed by atoms with Crippen LogP contribution >= 0.6 is 22.6 Å². The zero-order valence-corrected chi connectivity index (χ0v) is 12.0. The molecule has 92 valence electrons. The van der Waals surface area contributed by atoms with Crippen LogP contribution in [-0.4, -0.2) is 37.1 Å². The second kappa shape index (κ2) is 5.82. The number of esters is 1. The Labute approximate surface area is 115 Å². The van der Waals surface area contributed by atoms with E-state index in [0.29, 0.717) is 5.56 Å². The molecular weight excluding hydrogens is 329 g/mol. The second-order valence-electron chi connectivity index (χ2n) is 4.44. The Bertz CT molecular complexity index is 391. The Morgan fingerprint density at radius 1 is 1.41 bits per heavy atom. The third-order valence-corrected chi connectivity index (χ3v) is 3.65. The van der Waals surface area contributed by atoms with E-state index >= 15 is 0 Å². The van der Waals surface area contributed by atoms with E-state index in [0.717, 1.165) is 29.5 Å². The Kier molecular flexibility index (Phi) is 4.39. The number of carbonyl (C=O) groups excluding carboxylic acids is 1. The van der Waals surface area contributed by atoms with Gasteiger partial charge in [-0.25, -0.2) is 4.79 Å². The standard InChI is InChI=1S/C13H16INO2/c1-15-8-2-3-12(9-15)17-13(16)10-4-6-11(14)7-5-10/h4-7,12H,2-3,8-9H2,1H3. The fourth-order valence-electron chi connectivity index (χ4n) is 2.02. The van der Waals surface area contributed by atoms with Gasteiger partial charge in [-0.05, 0) is 73.3 Å². The fourth-order valence-corrected chi connectivity index (χ4v) is 2.38. The maximum Gasteiger partial charge on any atom is 0.338 e. The van der Waals surface area contributed by atoms with Crippen LogP contribution in [0.4, 0.5) is 0 Å². The number of nitrogens with zero attached hydrogens (tertiary/aromatic N) is 1. The van der Waals surface area contributed by atoms with Crippen LogP contribution < -0.4 is 0 Å². The lowest BCUT2D eigenvalue weighted by atomic mass is 10.1. The summed E-state index contributed by atoms with van der Waals surface area (Å²) >= 11 is 2.22. The largest absolute Gasteiger partial charge is 0.457 e. The highest BCUT2D eigenvalue weighted by Crippen LogP contribution is 2.14. The Morgan fingerprint density at radius 2 is 2.12 bits per heavy atom. The number of ether oxygens (including phenoxy) is 1. The quantitative estimate of drug-likeness (QED) is 0.610. The first-order chi connectivity index (χ1) is 8.15. The molecule has 0 amide bonds. The average Bonchev–Trinajstić information content (AvgIpc) is 2.29. The molecule has 0 radical (unpaired) electrons. The number of benzene rings is 1. The van der Waals surface area contributed by atoms with Gasteiger partial charge in [0.15, 0.2) is 0 Å². The van der Waals surface area contributed by atoms with E-state index in [1.807, 2.05) is 24.3 Å². The first-order valence-corrected chi connectivity index (χ1v) is 6.88.